The van der Waals surface area contributed by atoms with Gasteiger partial charge in [-0.2, -0.15) is 0 Å². The summed E-state index contributed by atoms with van der Waals surface area (Å²) in [7, 11) is -1.67. The van der Waals surface area contributed by atoms with Gasteiger partial charge >= 0.3 is 0 Å². The van der Waals surface area contributed by atoms with Gasteiger partial charge in [-0.25, -0.2) is 13.4 Å². The Labute approximate surface area is 184 Å². The standard InChI is InChI=1S/C21H23N3O5S2/c1-28-15-4-3-5-16(12-15)29-14-20(25)23-8-10-24(11-9-23)21-22-18-7-6-17(31(2,26)27)13-19(18)30-21/h3-7,12-13H,8-11,14H2,1-2H3. The van der Waals surface area contributed by atoms with Crippen LogP contribution in [0.4, 0.5) is 5.13 Å². The van der Waals surface area contributed by atoms with Crippen molar-refractivity contribution in [3.8, 4) is 11.5 Å². The lowest BCUT2D eigenvalue weighted by Gasteiger charge is -2.34. The molecule has 4 rings (SSSR count). The number of amides is 1. The fraction of sp³-hybridized carbons (Fsp3) is 0.333. The molecule has 0 radical (unpaired) electrons. The van der Waals surface area contributed by atoms with Crippen LogP contribution in [0, 0.1) is 0 Å². The Morgan fingerprint density at radius 1 is 1.10 bits per heavy atom. The number of nitrogens with zero attached hydrogens (tertiary/aromatic N) is 3. The van der Waals surface area contributed by atoms with Gasteiger partial charge in [0.2, 0.25) is 0 Å². The summed E-state index contributed by atoms with van der Waals surface area (Å²) < 4.78 is 35.2. The Kier molecular flexibility index (Phi) is 6.01. The van der Waals surface area contributed by atoms with E-state index in [4.69, 9.17) is 9.47 Å². The zero-order valence-corrected chi connectivity index (χ0v) is 18.9. The number of carbonyl (C=O) groups is 1. The topological polar surface area (TPSA) is 89.0 Å². The van der Waals surface area contributed by atoms with Gasteiger partial charge < -0.3 is 19.3 Å². The Balaban J connectivity index is 1.35. The fourth-order valence-corrected chi connectivity index (χ4v) is 5.11. The number of thiazole rings is 1. The highest BCUT2D eigenvalue weighted by Crippen LogP contribution is 2.31. The van der Waals surface area contributed by atoms with E-state index < -0.39 is 9.84 Å². The normalized spacial score (nSPS) is 14.6. The zero-order chi connectivity index (χ0) is 22.0. The van der Waals surface area contributed by atoms with E-state index in [2.05, 4.69) is 9.88 Å². The minimum Gasteiger partial charge on any atom is -0.497 e. The monoisotopic (exact) mass is 461 g/mol. The number of hydrogen-bond donors (Lipinski definition) is 0. The predicted octanol–water partition coefficient (Wildman–Crippen LogP) is 2.44. The van der Waals surface area contributed by atoms with Crippen molar-refractivity contribution in [2.24, 2.45) is 0 Å². The number of hydrogen-bond acceptors (Lipinski definition) is 8. The summed E-state index contributed by atoms with van der Waals surface area (Å²) in [6.07, 6.45) is 1.20. The molecule has 2 heterocycles. The van der Waals surface area contributed by atoms with E-state index in [9.17, 15) is 13.2 Å². The molecule has 0 spiro atoms. The van der Waals surface area contributed by atoms with Gasteiger partial charge in [0.1, 0.15) is 11.5 Å². The summed E-state index contributed by atoms with van der Waals surface area (Å²) in [6.45, 7) is 2.44. The first-order chi connectivity index (χ1) is 14.8. The fourth-order valence-electron chi connectivity index (χ4n) is 3.33. The van der Waals surface area contributed by atoms with Crippen molar-refractivity contribution in [3.63, 3.8) is 0 Å². The Bertz CT molecular complexity index is 1200. The minimum atomic E-state index is -3.25. The van der Waals surface area contributed by atoms with Gasteiger partial charge in [-0.05, 0) is 30.3 Å². The number of methoxy groups -OCH3 is 1. The van der Waals surface area contributed by atoms with Crippen LogP contribution in [0.1, 0.15) is 0 Å². The molecule has 1 fully saturated rings. The molecule has 0 unspecified atom stereocenters. The molecular weight excluding hydrogens is 438 g/mol. The number of aromatic nitrogens is 1. The van der Waals surface area contributed by atoms with Crippen molar-refractivity contribution < 1.29 is 22.7 Å². The number of ether oxygens (including phenoxy) is 2. The maximum atomic E-state index is 12.5. The molecule has 31 heavy (non-hydrogen) atoms. The van der Waals surface area contributed by atoms with Gasteiger partial charge in [-0.15, -0.1) is 0 Å². The third-order valence-corrected chi connectivity index (χ3v) is 7.27. The molecule has 0 saturated carbocycles. The number of benzene rings is 2. The number of fused-ring (bicyclic) bond motifs is 1. The van der Waals surface area contributed by atoms with E-state index in [1.54, 1.807) is 42.3 Å². The number of anilines is 1. The number of rotatable bonds is 6. The minimum absolute atomic E-state index is 0.0252. The molecule has 164 valence electrons. The third-order valence-electron chi connectivity index (χ3n) is 5.08. The van der Waals surface area contributed by atoms with E-state index in [-0.39, 0.29) is 12.5 Å². The van der Waals surface area contributed by atoms with E-state index in [1.165, 1.54) is 17.6 Å². The second-order valence-corrected chi connectivity index (χ2v) is 10.3. The van der Waals surface area contributed by atoms with Gasteiger partial charge in [0.05, 0.1) is 22.2 Å². The highest BCUT2D eigenvalue weighted by Gasteiger charge is 2.23. The molecule has 1 aliphatic rings. The van der Waals surface area contributed by atoms with Gasteiger partial charge in [-0.3, -0.25) is 4.79 Å². The number of piperazine rings is 1. The SMILES string of the molecule is COc1cccc(OCC(=O)N2CCN(c3nc4ccc(S(C)(=O)=O)cc4s3)CC2)c1. The van der Waals surface area contributed by atoms with Crippen molar-refractivity contribution in [2.75, 3.05) is 51.1 Å². The molecular formula is C21H23N3O5S2. The molecule has 10 heteroatoms. The van der Waals surface area contributed by atoms with E-state index >= 15 is 0 Å². The lowest BCUT2D eigenvalue weighted by Crippen LogP contribution is -2.50. The second-order valence-electron chi connectivity index (χ2n) is 7.23. The van der Waals surface area contributed by atoms with Gasteiger partial charge in [-0.1, -0.05) is 17.4 Å². The van der Waals surface area contributed by atoms with Crippen molar-refractivity contribution in [1.29, 1.82) is 0 Å². The van der Waals surface area contributed by atoms with Crippen molar-refractivity contribution >= 4 is 42.4 Å². The molecule has 2 aromatic carbocycles. The summed E-state index contributed by atoms with van der Waals surface area (Å²) in [5.41, 5.74) is 0.776. The van der Waals surface area contributed by atoms with Gasteiger partial charge in [0, 0.05) is 38.5 Å². The van der Waals surface area contributed by atoms with Crippen LogP contribution in [0.25, 0.3) is 10.2 Å². The number of carbonyl (C=O) groups excluding carboxylic acids is 1. The Morgan fingerprint density at radius 2 is 1.84 bits per heavy atom. The van der Waals surface area contributed by atoms with Crippen molar-refractivity contribution in [3.05, 3.63) is 42.5 Å². The average molecular weight is 462 g/mol. The van der Waals surface area contributed by atoms with Crippen LogP contribution >= 0.6 is 11.3 Å². The molecule has 0 bridgehead atoms. The zero-order valence-electron chi connectivity index (χ0n) is 17.3. The maximum Gasteiger partial charge on any atom is 0.260 e. The van der Waals surface area contributed by atoms with Crippen LogP contribution in [-0.2, 0) is 14.6 Å². The summed E-state index contributed by atoms with van der Waals surface area (Å²) in [4.78, 5) is 21.4. The Hall–Kier alpha value is -2.85. The van der Waals surface area contributed by atoms with E-state index in [1.807, 2.05) is 12.1 Å². The molecule has 3 aromatic rings. The van der Waals surface area contributed by atoms with Crippen LogP contribution in [0.3, 0.4) is 0 Å². The largest absolute Gasteiger partial charge is 0.497 e. The maximum absolute atomic E-state index is 12.5. The number of sulfone groups is 1. The summed E-state index contributed by atoms with van der Waals surface area (Å²) >= 11 is 1.47. The first-order valence-corrected chi connectivity index (χ1v) is 12.4. The molecule has 0 aliphatic carbocycles. The Morgan fingerprint density at radius 3 is 2.55 bits per heavy atom. The van der Waals surface area contributed by atoms with E-state index in [0.29, 0.717) is 42.6 Å². The molecule has 1 aromatic heterocycles. The second kappa shape index (κ2) is 8.72. The van der Waals surface area contributed by atoms with Gasteiger partial charge in [0.25, 0.3) is 5.91 Å². The van der Waals surface area contributed by atoms with Crippen LogP contribution in [-0.4, -0.2) is 70.4 Å². The quantitative estimate of drug-likeness (QED) is 0.557. The van der Waals surface area contributed by atoms with Crippen LogP contribution in [0.15, 0.2) is 47.4 Å². The molecule has 1 amide bonds. The molecule has 0 N–H and O–H groups in total. The first-order valence-electron chi connectivity index (χ1n) is 9.74. The average Bonchev–Trinajstić information content (AvgIpc) is 3.20. The lowest BCUT2D eigenvalue weighted by atomic mass is 10.3. The summed E-state index contributed by atoms with van der Waals surface area (Å²) in [6, 6.07) is 12.2. The summed E-state index contributed by atoms with van der Waals surface area (Å²) in [5, 5.41) is 0.834. The van der Waals surface area contributed by atoms with Crippen LogP contribution in [0.5, 0.6) is 11.5 Å². The lowest BCUT2D eigenvalue weighted by molar-refractivity contribution is -0.133. The van der Waals surface area contributed by atoms with Gasteiger partial charge in [0.15, 0.2) is 21.6 Å². The predicted molar refractivity (Wildman–Crippen MR) is 120 cm³/mol. The molecule has 1 saturated heterocycles. The summed E-state index contributed by atoms with van der Waals surface area (Å²) in [5.74, 6) is 1.21. The van der Waals surface area contributed by atoms with Crippen LogP contribution in [0.2, 0.25) is 0 Å². The highest BCUT2D eigenvalue weighted by atomic mass is 32.2. The van der Waals surface area contributed by atoms with E-state index in [0.717, 1.165) is 15.3 Å². The van der Waals surface area contributed by atoms with Crippen molar-refractivity contribution in [1.82, 2.24) is 9.88 Å². The van der Waals surface area contributed by atoms with Crippen LogP contribution < -0.4 is 14.4 Å². The molecule has 8 nitrogen and oxygen atoms in total. The third kappa shape index (κ3) is 4.91. The highest BCUT2D eigenvalue weighted by molar-refractivity contribution is 7.90. The van der Waals surface area contributed by atoms with Crippen molar-refractivity contribution in [2.45, 2.75) is 4.90 Å². The first kappa shape index (κ1) is 21.4. The smallest absolute Gasteiger partial charge is 0.260 e. The molecule has 1 aliphatic heterocycles. The molecule has 0 atom stereocenters.